The van der Waals surface area contributed by atoms with Crippen LogP contribution < -0.4 is 0 Å². The van der Waals surface area contributed by atoms with E-state index in [9.17, 15) is 0 Å². The minimum absolute atomic E-state index is 0.940. The third-order valence-corrected chi connectivity index (χ3v) is 3.83. The molecule has 0 radical (unpaired) electrons. The monoisotopic (exact) mass is 237 g/mol. The van der Waals surface area contributed by atoms with Gasteiger partial charge in [0.1, 0.15) is 0 Å². The maximum Gasteiger partial charge on any atom is 0.0204 e. The lowest BCUT2D eigenvalue weighted by molar-refractivity contribution is 0.146. The van der Waals surface area contributed by atoms with E-state index in [0.717, 1.165) is 12.0 Å². The summed E-state index contributed by atoms with van der Waals surface area (Å²) in [5, 5.41) is 0. The highest BCUT2D eigenvalue weighted by molar-refractivity contribution is 14.1. The van der Waals surface area contributed by atoms with Crippen molar-refractivity contribution in [2.75, 3.05) is 6.54 Å². The van der Waals surface area contributed by atoms with Gasteiger partial charge in [-0.2, -0.15) is 0 Å². The van der Waals surface area contributed by atoms with Crippen molar-refractivity contribution >= 4 is 22.9 Å². The first-order valence-electron chi connectivity index (χ1n) is 3.78. The standard InChI is InChI=1S/C7H12IN/c8-9-5-6-1-3-7(9)4-2-6/h6-7H,1-5H2. The van der Waals surface area contributed by atoms with Crippen LogP contribution in [-0.2, 0) is 0 Å². The van der Waals surface area contributed by atoms with Crippen LogP contribution in [0.1, 0.15) is 25.7 Å². The Hall–Kier alpha value is 0.690. The predicted molar refractivity (Wildman–Crippen MR) is 46.5 cm³/mol. The zero-order chi connectivity index (χ0) is 6.27. The van der Waals surface area contributed by atoms with E-state index >= 15 is 0 Å². The van der Waals surface area contributed by atoms with Gasteiger partial charge in [-0.15, -0.1) is 0 Å². The van der Waals surface area contributed by atoms with E-state index in [0.29, 0.717) is 0 Å². The Morgan fingerprint density at radius 3 is 2.00 bits per heavy atom. The smallest absolute Gasteiger partial charge is 0.0204 e. The summed E-state index contributed by atoms with van der Waals surface area (Å²) in [6.45, 7) is 1.37. The predicted octanol–water partition coefficient (Wildman–Crippen LogP) is 2.21. The van der Waals surface area contributed by atoms with Gasteiger partial charge in [-0.25, -0.2) is 3.11 Å². The maximum atomic E-state index is 2.51. The molecule has 1 nitrogen and oxygen atoms in total. The van der Waals surface area contributed by atoms with Crippen LogP contribution >= 0.6 is 22.9 Å². The summed E-state index contributed by atoms with van der Waals surface area (Å²) in [6.07, 6.45) is 5.94. The summed E-state index contributed by atoms with van der Waals surface area (Å²) in [5.41, 5.74) is 0. The Balaban J connectivity index is 2.06. The Kier molecular flexibility index (Phi) is 1.69. The fourth-order valence-corrected chi connectivity index (χ4v) is 3.12. The van der Waals surface area contributed by atoms with Gasteiger partial charge in [-0.1, -0.05) is 0 Å². The van der Waals surface area contributed by atoms with E-state index in [1.807, 2.05) is 0 Å². The maximum absolute atomic E-state index is 2.51. The molecule has 0 atom stereocenters. The molecule has 0 aromatic rings. The molecule has 0 N–H and O–H groups in total. The van der Waals surface area contributed by atoms with Gasteiger partial charge in [-0.3, -0.25) is 0 Å². The summed E-state index contributed by atoms with van der Waals surface area (Å²) in [5.74, 6) is 1.05. The molecule has 0 unspecified atom stereocenters. The molecular formula is C7H12IN. The van der Waals surface area contributed by atoms with Crippen LogP contribution in [0, 0.1) is 5.92 Å². The van der Waals surface area contributed by atoms with Crippen molar-refractivity contribution in [3.63, 3.8) is 0 Å². The minimum Gasteiger partial charge on any atom is -0.244 e. The molecule has 3 rings (SSSR count). The van der Waals surface area contributed by atoms with E-state index in [-0.39, 0.29) is 0 Å². The lowest BCUT2D eigenvalue weighted by Crippen LogP contribution is -2.41. The first-order valence-corrected chi connectivity index (χ1v) is 4.75. The average molecular weight is 237 g/mol. The largest absolute Gasteiger partial charge is 0.244 e. The molecule has 9 heavy (non-hydrogen) atoms. The number of fused-ring (bicyclic) bond motifs is 3. The summed E-state index contributed by atoms with van der Waals surface area (Å²) >= 11 is 2.48. The van der Waals surface area contributed by atoms with Crippen molar-refractivity contribution in [2.24, 2.45) is 5.92 Å². The Morgan fingerprint density at radius 2 is 1.78 bits per heavy atom. The van der Waals surface area contributed by atoms with Crippen molar-refractivity contribution in [1.29, 1.82) is 0 Å². The molecule has 1 saturated carbocycles. The van der Waals surface area contributed by atoms with E-state index in [4.69, 9.17) is 0 Å². The van der Waals surface area contributed by atoms with Crippen LogP contribution in [0.5, 0.6) is 0 Å². The number of nitrogens with zero attached hydrogens (tertiary/aromatic N) is 1. The van der Waals surface area contributed by atoms with Crippen LogP contribution in [0.3, 0.4) is 0 Å². The highest BCUT2D eigenvalue weighted by Crippen LogP contribution is 2.36. The first kappa shape index (κ1) is 6.40. The van der Waals surface area contributed by atoms with Gasteiger partial charge in [0.05, 0.1) is 0 Å². The molecular weight excluding hydrogens is 225 g/mol. The van der Waals surface area contributed by atoms with Crippen LogP contribution in [0.25, 0.3) is 0 Å². The summed E-state index contributed by atoms with van der Waals surface area (Å²) in [4.78, 5) is 0. The third-order valence-electron chi connectivity index (χ3n) is 2.65. The van der Waals surface area contributed by atoms with Crippen LogP contribution in [0.2, 0.25) is 0 Å². The second-order valence-electron chi connectivity index (χ2n) is 3.26. The SMILES string of the molecule is IN1CC2CCC1CC2. The van der Waals surface area contributed by atoms with Crippen molar-refractivity contribution in [3.8, 4) is 0 Å². The van der Waals surface area contributed by atoms with Gasteiger partial charge in [-0.05, 0) is 31.6 Å². The van der Waals surface area contributed by atoms with Gasteiger partial charge in [0.2, 0.25) is 0 Å². The normalized spacial score (nSPS) is 43.7. The lowest BCUT2D eigenvalue weighted by Gasteiger charge is -2.41. The molecule has 0 aromatic carbocycles. The summed E-state index contributed by atoms with van der Waals surface area (Å²) in [7, 11) is 0. The molecule has 0 aromatic heterocycles. The van der Waals surface area contributed by atoms with E-state index < -0.39 is 0 Å². The van der Waals surface area contributed by atoms with Crippen molar-refractivity contribution in [1.82, 2.24) is 3.11 Å². The van der Waals surface area contributed by atoms with Gasteiger partial charge >= 0.3 is 0 Å². The van der Waals surface area contributed by atoms with Crippen molar-refractivity contribution in [2.45, 2.75) is 31.7 Å². The molecule has 3 aliphatic rings. The average Bonchev–Trinajstić information content (AvgIpc) is 1.90. The molecule has 3 fully saturated rings. The number of piperidine rings is 2. The molecule has 2 heteroatoms. The number of rotatable bonds is 0. The lowest BCUT2D eigenvalue weighted by atomic mass is 9.82. The molecule has 2 bridgehead atoms. The number of halogens is 1. The quantitative estimate of drug-likeness (QED) is 0.461. The third kappa shape index (κ3) is 1.11. The van der Waals surface area contributed by atoms with E-state index in [2.05, 4.69) is 26.0 Å². The zero-order valence-electron chi connectivity index (χ0n) is 5.52. The molecule has 0 amide bonds. The second-order valence-corrected chi connectivity index (χ2v) is 4.50. The first-order chi connectivity index (χ1) is 4.36. The fraction of sp³-hybridized carbons (Fsp3) is 1.00. The Morgan fingerprint density at radius 1 is 1.11 bits per heavy atom. The number of hydrogen-bond acceptors (Lipinski definition) is 1. The summed E-state index contributed by atoms with van der Waals surface area (Å²) < 4.78 is 2.51. The van der Waals surface area contributed by atoms with E-state index in [1.165, 1.54) is 32.2 Å². The Labute approximate surface area is 70.3 Å². The fourth-order valence-electron chi connectivity index (χ4n) is 2.00. The molecule has 2 aliphatic heterocycles. The highest BCUT2D eigenvalue weighted by atomic mass is 127. The minimum atomic E-state index is 0.940. The van der Waals surface area contributed by atoms with Crippen molar-refractivity contribution in [3.05, 3.63) is 0 Å². The molecule has 1 aliphatic carbocycles. The van der Waals surface area contributed by atoms with Crippen molar-refractivity contribution < 1.29 is 0 Å². The summed E-state index contributed by atoms with van der Waals surface area (Å²) in [6, 6.07) is 0.940. The van der Waals surface area contributed by atoms with Gasteiger partial charge in [0, 0.05) is 35.5 Å². The molecule has 2 heterocycles. The Bertz CT molecular complexity index is 107. The van der Waals surface area contributed by atoms with Crippen LogP contribution in [0.4, 0.5) is 0 Å². The number of hydrogen-bond donors (Lipinski definition) is 0. The molecule has 0 spiro atoms. The second kappa shape index (κ2) is 2.38. The van der Waals surface area contributed by atoms with Gasteiger partial charge in [0.15, 0.2) is 0 Å². The van der Waals surface area contributed by atoms with Gasteiger partial charge in [0.25, 0.3) is 0 Å². The van der Waals surface area contributed by atoms with E-state index in [1.54, 1.807) is 0 Å². The topological polar surface area (TPSA) is 3.24 Å². The molecule has 52 valence electrons. The van der Waals surface area contributed by atoms with Crippen LogP contribution in [-0.4, -0.2) is 15.7 Å². The van der Waals surface area contributed by atoms with Crippen LogP contribution in [0.15, 0.2) is 0 Å². The zero-order valence-corrected chi connectivity index (χ0v) is 7.67. The molecule has 2 saturated heterocycles. The van der Waals surface area contributed by atoms with Gasteiger partial charge < -0.3 is 0 Å². The highest BCUT2D eigenvalue weighted by Gasteiger charge is 2.31.